The van der Waals surface area contributed by atoms with Crippen LogP contribution in [0.5, 0.6) is 0 Å². The SMILES string of the molecule is CC(C(=O)N(C)CC(=O)NC1CC1)N1CCNCC1. The Hall–Kier alpha value is -1.14. The summed E-state index contributed by atoms with van der Waals surface area (Å²) in [7, 11) is 1.70. The standard InChI is InChI=1S/C13H24N4O2/c1-10(17-7-5-14-6-8-17)13(19)16(2)9-12(18)15-11-3-4-11/h10-11,14H,3-9H2,1-2H3,(H,15,18). The molecule has 0 radical (unpaired) electrons. The lowest BCUT2D eigenvalue weighted by atomic mass is 10.2. The van der Waals surface area contributed by atoms with Gasteiger partial charge in [-0.15, -0.1) is 0 Å². The Morgan fingerprint density at radius 2 is 2.00 bits per heavy atom. The van der Waals surface area contributed by atoms with Gasteiger partial charge in [0.2, 0.25) is 11.8 Å². The molecule has 19 heavy (non-hydrogen) atoms. The Morgan fingerprint density at radius 1 is 1.37 bits per heavy atom. The highest BCUT2D eigenvalue weighted by molar-refractivity contribution is 5.87. The lowest BCUT2D eigenvalue weighted by molar-refractivity contribution is -0.139. The summed E-state index contributed by atoms with van der Waals surface area (Å²) in [5.74, 6) is -0.0290. The largest absolute Gasteiger partial charge is 0.352 e. The van der Waals surface area contributed by atoms with E-state index in [0.29, 0.717) is 6.04 Å². The molecule has 0 bridgehead atoms. The van der Waals surface area contributed by atoms with Crippen LogP contribution in [0.15, 0.2) is 0 Å². The molecule has 0 aromatic rings. The summed E-state index contributed by atoms with van der Waals surface area (Å²) >= 11 is 0. The Labute approximate surface area is 114 Å². The molecular formula is C13H24N4O2. The molecule has 6 nitrogen and oxygen atoms in total. The molecule has 0 aromatic carbocycles. The van der Waals surface area contributed by atoms with Crippen LogP contribution in [0, 0.1) is 0 Å². The Kier molecular flexibility index (Phi) is 4.76. The van der Waals surface area contributed by atoms with Gasteiger partial charge in [-0.05, 0) is 19.8 Å². The smallest absolute Gasteiger partial charge is 0.239 e. The first kappa shape index (κ1) is 14.3. The maximum Gasteiger partial charge on any atom is 0.239 e. The summed E-state index contributed by atoms with van der Waals surface area (Å²) in [5, 5.41) is 6.17. The third-order valence-electron chi connectivity index (χ3n) is 3.76. The van der Waals surface area contributed by atoms with Crippen LogP contribution < -0.4 is 10.6 Å². The summed E-state index contributed by atoms with van der Waals surface area (Å²) in [4.78, 5) is 27.6. The van der Waals surface area contributed by atoms with Crippen molar-refractivity contribution < 1.29 is 9.59 Å². The summed E-state index contributed by atoms with van der Waals surface area (Å²) in [5.41, 5.74) is 0. The molecule has 1 heterocycles. The molecular weight excluding hydrogens is 244 g/mol. The number of hydrogen-bond donors (Lipinski definition) is 2. The van der Waals surface area contributed by atoms with E-state index in [2.05, 4.69) is 15.5 Å². The molecule has 0 spiro atoms. The van der Waals surface area contributed by atoms with Gasteiger partial charge in [-0.2, -0.15) is 0 Å². The Balaban J connectivity index is 1.77. The van der Waals surface area contributed by atoms with Crippen molar-refractivity contribution in [3.05, 3.63) is 0 Å². The molecule has 0 aromatic heterocycles. The first-order valence-corrected chi connectivity index (χ1v) is 7.07. The van der Waals surface area contributed by atoms with Gasteiger partial charge < -0.3 is 15.5 Å². The van der Waals surface area contributed by atoms with Crippen molar-refractivity contribution in [3.63, 3.8) is 0 Å². The molecule has 2 rings (SSSR count). The van der Waals surface area contributed by atoms with Crippen molar-refractivity contribution in [2.45, 2.75) is 31.8 Å². The highest BCUT2D eigenvalue weighted by atomic mass is 16.2. The monoisotopic (exact) mass is 268 g/mol. The number of carbonyl (C=O) groups excluding carboxylic acids is 2. The molecule has 1 saturated heterocycles. The Bertz CT molecular complexity index is 338. The zero-order valence-electron chi connectivity index (χ0n) is 11.8. The van der Waals surface area contributed by atoms with E-state index in [1.165, 1.54) is 4.90 Å². The third kappa shape index (κ3) is 4.18. The molecule has 2 fully saturated rings. The average molecular weight is 268 g/mol. The van der Waals surface area contributed by atoms with Crippen LogP contribution in [0.2, 0.25) is 0 Å². The van der Waals surface area contributed by atoms with Gasteiger partial charge in [0.1, 0.15) is 0 Å². The van der Waals surface area contributed by atoms with E-state index < -0.39 is 0 Å². The van der Waals surface area contributed by atoms with Crippen molar-refractivity contribution >= 4 is 11.8 Å². The lowest BCUT2D eigenvalue weighted by Gasteiger charge is -2.33. The van der Waals surface area contributed by atoms with Crippen LogP contribution in [-0.2, 0) is 9.59 Å². The van der Waals surface area contributed by atoms with Crippen molar-refractivity contribution in [3.8, 4) is 0 Å². The van der Waals surface area contributed by atoms with E-state index in [0.717, 1.165) is 39.0 Å². The van der Waals surface area contributed by atoms with Crippen LogP contribution in [0.1, 0.15) is 19.8 Å². The first-order valence-electron chi connectivity index (χ1n) is 7.07. The number of nitrogens with zero attached hydrogens (tertiary/aromatic N) is 2. The number of nitrogens with one attached hydrogen (secondary N) is 2. The minimum absolute atomic E-state index is 0.0212. The van der Waals surface area contributed by atoms with Gasteiger partial charge in [0, 0.05) is 39.3 Å². The van der Waals surface area contributed by atoms with Gasteiger partial charge in [-0.3, -0.25) is 14.5 Å². The Morgan fingerprint density at radius 3 is 2.58 bits per heavy atom. The molecule has 108 valence electrons. The van der Waals surface area contributed by atoms with Crippen molar-refractivity contribution in [1.29, 1.82) is 0 Å². The number of piperazine rings is 1. The minimum Gasteiger partial charge on any atom is -0.352 e. The molecule has 6 heteroatoms. The fraction of sp³-hybridized carbons (Fsp3) is 0.846. The molecule has 1 atom stereocenters. The van der Waals surface area contributed by atoms with Gasteiger partial charge in [0.05, 0.1) is 12.6 Å². The maximum absolute atomic E-state index is 12.3. The van der Waals surface area contributed by atoms with Crippen LogP contribution in [0.3, 0.4) is 0 Å². The molecule has 2 N–H and O–H groups in total. The second-order valence-corrected chi connectivity index (χ2v) is 5.50. The second kappa shape index (κ2) is 6.34. The topological polar surface area (TPSA) is 64.7 Å². The predicted octanol–water partition coefficient (Wildman–Crippen LogP) is -0.983. The molecule has 1 aliphatic heterocycles. The molecule has 1 unspecified atom stereocenters. The number of amides is 2. The average Bonchev–Trinajstić information content (AvgIpc) is 3.21. The van der Waals surface area contributed by atoms with Gasteiger partial charge in [0.25, 0.3) is 0 Å². The number of hydrogen-bond acceptors (Lipinski definition) is 4. The summed E-state index contributed by atoms with van der Waals surface area (Å²) in [6.45, 7) is 5.69. The number of carbonyl (C=O) groups is 2. The summed E-state index contributed by atoms with van der Waals surface area (Å²) in [6, 6.07) is 0.197. The minimum atomic E-state index is -0.152. The van der Waals surface area contributed by atoms with Crippen LogP contribution >= 0.6 is 0 Å². The lowest BCUT2D eigenvalue weighted by Crippen LogP contribution is -2.54. The van der Waals surface area contributed by atoms with Gasteiger partial charge >= 0.3 is 0 Å². The fourth-order valence-electron chi connectivity index (χ4n) is 2.34. The second-order valence-electron chi connectivity index (χ2n) is 5.50. The van der Waals surface area contributed by atoms with E-state index in [1.54, 1.807) is 7.05 Å². The van der Waals surface area contributed by atoms with E-state index in [9.17, 15) is 9.59 Å². The van der Waals surface area contributed by atoms with Gasteiger partial charge in [0.15, 0.2) is 0 Å². The normalized spacial score (nSPS) is 21.8. The van der Waals surface area contributed by atoms with Gasteiger partial charge in [-0.1, -0.05) is 0 Å². The van der Waals surface area contributed by atoms with Crippen molar-refractivity contribution in [2.75, 3.05) is 39.8 Å². The quantitative estimate of drug-likeness (QED) is 0.672. The van der Waals surface area contributed by atoms with E-state index >= 15 is 0 Å². The fourth-order valence-corrected chi connectivity index (χ4v) is 2.34. The van der Waals surface area contributed by atoms with E-state index in [4.69, 9.17) is 0 Å². The number of likely N-dealkylation sites (N-methyl/N-ethyl adjacent to an activating group) is 1. The van der Waals surface area contributed by atoms with E-state index in [1.807, 2.05) is 6.92 Å². The summed E-state index contributed by atoms with van der Waals surface area (Å²) < 4.78 is 0. The maximum atomic E-state index is 12.3. The van der Waals surface area contributed by atoms with E-state index in [-0.39, 0.29) is 24.4 Å². The zero-order chi connectivity index (χ0) is 13.8. The van der Waals surface area contributed by atoms with Crippen LogP contribution in [-0.4, -0.2) is 73.5 Å². The number of rotatable bonds is 5. The molecule has 2 amide bonds. The molecule has 2 aliphatic rings. The highest BCUT2D eigenvalue weighted by Crippen LogP contribution is 2.18. The van der Waals surface area contributed by atoms with Gasteiger partial charge in [-0.25, -0.2) is 0 Å². The first-order chi connectivity index (χ1) is 9.08. The van der Waals surface area contributed by atoms with Crippen molar-refractivity contribution in [2.24, 2.45) is 0 Å². The zero-order valence-corrected chi connectivity index (χ0v) is 11.8. The molecule has 1 saturated carbocycles. The van der Waals surface area contributed by atoms with Crippen molar-refractivity contribution in [1.82, 2.24) is 20.4 Å². The predicted molar refractivity (Wildman–Crippen MR) is 72.7 cm³/mol. The van der Waals surface area contributed by atoms with Crippen LogP contribution in [0.25, 0.3) is 0 Å². The highest BCUT2D eigenvalue weighted by Gasteiger charge is 2.28. The van der Waals surface area contributed by atoms with Crippen LogP contribution in [0.4, 0.5) is 0 Å². The molecule has 1 aliphatic carbocycles. The summed E-state index contributed by atoms with van der Waals surface area (Å²) in [6.07, 6.45) is 2.14. The third-order valence-corrected chi connectivity index (χ3v) is 3.76.